The van der Waals surface area contributed by atoms with Crippen molar-refractivity contribution >= 4 is 27.7 Å². The van der Waals surface area contributed by atoms with Crippen LogP contribution in [0, 0.1) is 0 Å². The van der Waals surface area contributed by atoms with Gasteiger partial charge in [-0.25, -0.2) is 4.79 Å². The lowest BCUT2D eigenvalue weighted by atomic mass is 10.2. The Morgan fingerprint density at radius 3 is 2.57 bits per heavy atom. The molecule has 0 saturated heterocycles. The molecule has 0 aliphatic rings. The minimum absolute atomic E-state index is 0.0674. The molecule has 1 aromatic carbocycles. The van der Waals surface area contributed by atoms with Gasteiger partial charge in [-0.2, -0.15) is 0 Å². The van der Waals surface area contributed by atoms with E-state index in [1.807, 2.05) is 45.9 Å². The van der Waals surface area contributed by atoms with Gasteiger partial charge in [0.05, 0.1) is 11.6 Å². The molecular formula is C15H23BrN2O3. The third-order valence-electron chi connectivity index (χ3n) is 2.52. The molecule has 1 amide bonds. The first-order chi connectivity index (χ1) is 9.71. The van der Waals surface area contributed by atoms with Crippen LogP contribution in [0.25, 0.3) is 0 Å². The minimum Gasteiger partial charge on any atom is -0.496 e. The number of methoxy groups -OCH3 is 1. The lowest BCUT2D eigenvalue weighted by molar-refractivity contribution is 0.0526. The largest absolute Gasteiger partial charge is 0.496 e. The number of ether oxygens (including phenoxy) is 2. The summed E-state index contributed by atoms with van der Waals surface area (Å²) in [5.41, 5.74) is 0.461. The Hall–Kier alpha value is -1.43. The van der Waals surface area contributed by atoms with Gasteiger partial charge in [0, 0.05) is 18.3 Å². The number of alkyl carbamates (subject to hydrolysis) is 1. The van der Waals surface area contributed by atoms with Gasteiger partial charge in [0.25, 0.3) is 0 Å². The highest BCUT2D eigenvalue weighted by Gasteiger charge is 2.16. The van der Waals surface area contributed by atoms with Crippen molar-refractivity contribution in [2.45, 2.75) is 39.3 Å². The van der Waals surface area contributed by atoms with Crippen molar-refractivity contribution in [2.75, 3.05) is 19.0 Å². The number of carbonyl (C=O) groups excluding carboxylic acids is 1. The Bertz CT molecular complexity index is 486. The second kappa shape index (κ2) is 7.54. The van der Waals surface area contributed by atoms with Gasteiger partial charge >= 0.3 is 6.09 Å². The molecule has 0 saturated carbocycles. The van der Waals surface area contributed by atoms with E-state index in [1.165, 1.54) is 0 Å². The smallest absolute Gasteiger partial charge is 0.407 e. The lowest BCUT2D eigenvalue weighted by Gasteiger charge is -2.21. The molecule has 0 heterocycles. The second-order valence-electron chi connectivity index (χ2n) is 5.78. The van der Waals surface area contributed by atoms with Crippen LogP contribution in [0.1, 0.15) is 27.7 Å². The molecule has 0 aliphatic heterocycles. The molecular weight excluding hydrogens is 336 g/mol. The Morgan fingerprint density at radius 2 is 2.05 bits per heavy atom. The molecule has 1 unspecified atom stereocenters. The van der Waals surface area contributed by atoms with Gasteiger partial charge in [-0.1, -0.05) is 0 Å². The fraction of sp³-hybridized carbons (Fsp3) is 0.533. The number of anilines is 1. The highest BCUT2D eigenvalue weighted by atomic mass is 79.9. The van der Waals surface area contributed by atoms with Crippen LogP contribution in [-0.2, 0) is 4.74 Å². The highest BCUT2D eigenvalue weighted by molar-refractivity contribution is 9.10. The van der Waals surface area contributed by atoms with Gasteiger partial charge in [0.2, 0.25) is 0 Å². The van der Waals surface area contributed by atoms with Gasteiger partial charge in [0.1, 0.15) is 11.4 Å². The van der Waals surface area contributed by atoms with Gasteiger partial charge in [-0.05, 0) is 61.8 Å². The van der Waals surface area contributed by atoms with Crippen molar-refractivity contribution in [1.82, 2.24) is 5.32 Å². The minimum atomic E-state index is -0.485. The molecule has 5 nitrogen and oxygen atoms in total. The topological polar surface area (TPSA) is 59.6 Å². The summed E-state index contributed by atoms with van der Waals surface area (Å²) in [5.74, 6) is 0.778. The molecule has 21 heavy (non-hydrogen) atoms. The SMILES string of the molecule is COc1ccc(NC(C)CNC(=O)OC(C)(C)C)cc1Br. The second-order valence-corrected chi connectivity index (χ2v) is 6.63. The molecule has 2 N–H and O–H groups in total. The molecule has 118 valence electrons. The van der Waals surface area contributed by atoms with Gasteiger partial charge < -0.3 is 20.1 Å². The maximum absolute atomic E-state index is 11.6. The van der Waals surface area contributed by atoms with E-state index >= 15 is 0 Å². The van der Waals surface area contributed by atoms with E-state index in [9.17, 15) is 4.79 Å². The third-order valence-corrected chi connectivity index (χ3v) is 3.14. The maximum Gasteiger partial charge on any atom is 0.407 e. The van der Waals surface area contributed by atoms with Crippen LogP contribution in [0.2, 0.25) is 0 Å². The van der Waals surface area contributed by atoms with Crippen LogP contribution in [0.4, 0.5) is 10.5 Å². The van der Waals surface area contributed by atoms with Crippen LogP contribution in [-0.4, -0.2) is 31.4 Å². The molecule has 0 bridgehead atoms. The standard InChI is InChI=1S/C15H23BrN2O3/c1-10(9-17-14(19)21-15(2,3)4)18-11-6-7-13(20-5)12(16)8-11/h6-8,10,18H,9H2,1-5H3,(H,17,19). The van der Waals surface area contributed by atoms with Gasteiger partial charge in [-0.3, -0.25) is 0 Å². The Balaban J connectivity index is 2.45. The third kappa shape index (κ3) is 6.71. The summed E-state index contributed by atoms with van der Waals surface area (Å²) in [5, 5.41) is 6.03. The zero-order chi connectivity index (χ0) is 16.0. The number of amides is 1. The normalized spacial score (nSPS) is 12.5. The predicted molar refractivity (Wildman–Crippen MR) is 88.0 cm³/mol. The van der Waals surface area contributed by atoms with E-state index in [0.29, 0.717) is 6.54 Å². The fourth-order valence-electron chi connectivity index (χ4n) is 1.64. The first-order valence-corrected chi connectivity index (χ1v) is 7.57. The molecule has 1 aromatic rings. The molecule has 0 fully saturated rings. The molecule has 6 heteroatoms. The summed E-state index contributed by atoms with van der Waals surface area (Å²) in [7, 11) is 1.63. The number of carbonyl (C=O) groups is 1. The molecule has 1 atom stereocenters. The number of benzene rings is 1. The van der Waals surface area contributed by atoms with Crippen LogP contribution in [0.15, 0.2) is 22.7 Å². The van der Waals surface area contributed by atoms with Crippen molar-refractivity contribution in [3.05, 3.63) is 22.7 Å². The number of hydrogen-bond donors (Lipinski definition) is 2. The zero-order valence-electron chi connectivity index (χ0n) is 13.1. The highest BCUT2D eigenvalue weighted by Crippen LogP contribution is 2.27. The van der Waals surface area contributed by atoms with Crippen molar-refractivity contribution < 1.29 is 14.3 Å². The van der Waals surface area contributed by atoms with E-state index in [-0.39, 0.29) is 6.04 Å². The average Bonchev–Trinajstić information content (AvgIpc) is 2.34. The van der Waals surface area contributed by atoms with Crippen LogP contribution in [0.5, 0.6) is 5.75 Å². The van der Waals surface area contributed by atoms with Crippen molar-refractivity contribution in [2.24, 2.45) is 0 Å². The lowest BCUT2D eigenvalue weighted by Crippen LogP contribution is -2.38. The summed E-state index contributed by atoms with van der Waals surface area (Å²) in [6.07, 6.45) is -0.410. The summed E-state index contributed by atoms with van der Waals surface area (Å²) in [4.78, 5) is 11.6. The molecule has 0 radical (unpaired) electrons. The van der Waals surface area contributed by atoms with E-state index in [4.69, 9.17) is 9.47 Å². The van der Waals surface area contributed by atoms with E-state index in [2.05, 4.69) is 26.6 Å². The molecule has 0 aromatic heterocycles. The summed E-state index contributed by atoms with van der Waals surface area (Å²) >= 11 is 3.44. The molecule has 0 spiro atoms. The van der Waals surface area contributed by atoms with Gasteiger partial charge in [-0.15, -0.1) is 0 Å². The number of halogens is 1. The van der Waals surface area contributed by atoms with Crippen molar-refractivity contribution in [3.8, 4) is 5.75 Å². The number of nitrogens with one attached hydrogen (secondary N) is 2. The quantitative estimate of drug-likeness (QED) is 0.840. The first kappa shape index (κ1) is 17.6. The Labute approximate surface area is 134 Å². The van der Waals surface area contributed by atoms with Crippen LogP contribution < -0.4 is 15.4 Å². The summed E-state index contributed by atoms with van der Waals surface area (Å²) < 4.78 is 11.2. The van der Waals surface area contributed by atoms with E-state index in [0.717, 1.165) is 15.9 Å². The van der Waals surface area contributed by atoms with Crippen molar-refractivity contribution in [1.29, 1.82) is 0 Å². The fourth-order valence-corrected chi connectivity index (χ4v) is 2.18. The van der Waals surface area contributed by atoms with Crippen LogP contribution >= 0.6 is 15.9 Å². The van der Waals surface area contributed by atoms with Crippen LogP contribution in [0.3, 0.4) is 0 Å². The number of hydrogen-bond acceptors (Lipinski definition) is 4. The Morgan fingerprint density at radius 1 is 1.38 bits per heavy atom. The van der Waals surface area contributed by atoms with E-state index < -0.39 is 11.7 Å². The Kier molecular flexibility index (Phi) is 6.33. The first-order valence-electron chi connectivity index (χ1n) is 6.78. The maximum atomic E-state index is 11.6. The summed E-state index contributed by atoms with van der Waals surface area (Å²) in [6, 6.07) is 5.80. The zero-order valence-corrected chi connectivity index (χ0v) is 14.7. The average molecular weight is 359 g/mol. The van der Waals surface area contributed by atoms with Gasteiger partial charge in [0.15, 0.2) is 0 Å². The van der Waals surface area contributed by atoms with E-state index in [1.54, 1.807) is 7.11 Å². The van der Waals surface area contributed by atoms with Crippen molar-refractivity contribution in [3.63, 3.8) is 0 Å². The summed E-state index contributed by atoms with van der Waals surface area (Å²) in [6.45, 7) is 7.96. The monoisotopic (exact) mass is 358 g/mol. The molecule has 1 rings (SSSR count). The predicted octanol–water partition coefficient (Wildman–Crippen LogP) is 3.78. The molecule has 0 aliphatic carbocycles. The number of rotatable bonds is 5.